The Morgan fingerprint density at radius 1 is 1.33 bits per heavy atom. The first-order chi connectivity index (χ1) is 9.72. The van der Waals surface area contributed by atoms with Crippen molar-refractivity contribution in [3.8, 4) is 0 Å². The standard InChI is InChI=1S/C16H27N3S.ClH/c1-12(2)16-18-14(11-20-16)10-19-8-5-13(6-9-19)15-4-3-7-17-15;/h11-13,15,17H,3-10H2,1-2H3;1H. The zero-order valence-electron chi connectivity index (χ0n) is 13.2. The summed E-state index contributed by atoms with van der Waals surface area (Å²) in [6.45, 7) is 9.23. The van der Waals surface area contributed by atoms with Crippen LogP contribution in [0.3, 0.4) is 0 Å². The van der Waals surface area contributed by atoms with Crippen LogP contribution in [0.1, 0.15) is 56.2 Å². The topological polar surface area (TPSA) is 28.2 Å². The Balaban J connectivity index is 0.00000161. The molecule has 1 aromatic rings. The molecule has 3 nitrogen and oxygen atoms in total. The number of hydrogen-bond donors (Lipinski definition) is 1. The van der Waals surface area contributed by atoms with Crippen LogP contribution in [0.2, 0.25) is 0 Å². The first-order valence-corrected chi connectivity index (χ1v) is 9.00. The van der Waals surface area contributed by atoms with E-state index in [4.69, 9.17) is 4.98 Å². The lowest BCUT2D eigenvalue weighted by atomic mass is 9.88. The van der Waals surface area contributed by atoms with Crippen molar-refractivity contribution >= 4 is 23.7 Å². The summed E-state index contributed by atoms with van der Waals surface area (Å²) in [5.41, 5.74) is 1.27. The van der Waals surface area contributed by atoms with Gasteiger partial charge in [0.05, 0.1) is 10.7 Å². The van der Waals surface area contributed by atoms with E-state index in [-0.39, 0.29) is 12.4 Å². The molecule has 5 heteroatoms. The monoisotopic (exact) mass is 329 g/mol. The number of nitrogens with zero attached hydrogens (tertiary/aromatic N) is 2. The molecular formula is C16H28ClN3S. The summed E-state index contributed by atoms with van der Waals surface area (Å²) in [4.78, 5) is 7.35. The molecule has 1 N–H and O–H groups in total. The van der Waals surface area contributed by atoms with Gasteiger partial charge in [0.25, 0.3) is 0 Å². The fourth-order valence-electron chi connectivity index (χ4n) is 3.52. The summed E-state index contributed by atoms with van der Waals surface area (Å²) in [5.74, 6) is 1.48. The maximum Gasteiger partial charge on any atom is 0.0954 e. The van der Waals surface area contributed by atoms with Crippen molar-refractivity contribution in [1.29, 1.82) is 0 Å². The second-order valence-electron chi connectivity index (χ2n) is 6.65. The van der Waals surface area contributed by atoms with Gasteiger partial charge in [-0.2, -0.15) is 0 Å². The average Bonchev–Trinajstić information content (AvgIpc) is 3.10. The minimum Gasteiger partial charge on any atom is -0.314 e. The van der Waals surface area contributed by atoms with Crippen LogP contribution in [-0.4, -0.2) is 35.6 Å². The van der Waals surface area contributed by atoms with Gasteiger partial charge in [0.1, 0.15) is 0 Å². The van der Waals surface area contributed by atoms with Gasteiger partial charge in [0.2, 0.25) is 0 Å². The molecule has 2 aliphatic heterocycles. The van der Waals surface area contributed by atoms with E-state index in [9.17, 15) is 0 Å². The van der Waals surface area contributed by atoms with Crippen molar-refractivity contribution in [3.63, 3.8) is 0 Å². The van der Waals surface area contributed by atoms with Crippen LogP contribution in [0, 0.1) is 5.92 Å². The molecule has 2 fully saturated rings. The number of nitrogens with one attached hydrogen (secondary N) is 1. The molecule has 0 saturated carbocycles. The molecule has 3 heterocycles. The Hall–Kier alpha value is -0.160. The average molecular weight is 330 g/mol. The van der Waals surface area contributed by atoms with Gasteiger partial charge in [-0.15, -0.1) is 23.7 Å². The van der Waals surface area contributed by atoms with Crippen LogP contribution < -0.4 is 5.32 Å². The van der Waals surface area contributed by atoms with Gasteiger partial charge in [-0.3, -0.25) is 4.90 Å². The zero-order chi connectivity index (χ0) is 13.9. The highest BCUT2D eigenvalue weighted by atomic mass is 35.5. The summed E-state index contributed by atoms with van der Waals surface area (Å²) >= 11 is 1.82. The molecule has 0 amide bonds. The minimum absolute atomic E-state index is 0. The van der Waals surface area contributed by atoms with Gasteiger partial charge < -0.3 is 5.32 Å². The maximum absolute atomic E-state index is 4.76. The van der Waals surface area contributed by atoms with E-state index in [1.165, 1.54) is 56.0 Å². The van der Waals surface area contributed by atoms with Crippen LogP contribution in [0.5, 0.6) is 0 Å². The van der Waals surface area contributed by atoms with Crippen molar-refractivity contribution in [1.82, 2.24) is 15.2 Å². The largest absolute Gasteiger partial charge is 0.314 e. The Bertz CT molecular complexity index is 421. The van der Waals surface area contributed by atoms with Crippen LogP contribution in [0.25, 0.3) is 0 Å². The molecule has 0 radical (unpaired) electrons. The number of hydrogen-bond acceptors (Lipinski definition) is 4. The van der Waals surface area contributed by atoms with E-state index in [1.807, 2.05) is 11.3 Å². The fourth-order valence-corrected chi connectivity index (χ4v) is 4.34. The Labute approximate surface area is 138 Å². The minimum atomic E-state index is 0. The van der Waals surface area contributed by atoms with E-state index in [0.717, 1.165) is 18.5 Å². The molecule has 2 saturated heterocycles. The molecule has 21 heavy (non-hydrogen) atoms. The normalized spacial score (nSPS) is 24.4. The third-order valence-electron chi connectivity index (χ3n) is 4.75. The highest BCUT2D eigenvalue weighted by molar-refractivity contribution is 7.09. The predicted molar refractivity (Wildman–Crippen MR) is 92.5 cm³/mol. The van der Waals surface area contributed by atoms with E-state index in [2.05, 4.69) is 29.4 Å². The number of piperidine rings is 1. The number of halogens is 1. The molecule has 0 aromatic carbocycles. The van der Waals surface area contributed by atoms with E-state index < -0.39 is 0 Å². The molecule has 2 aliphatic rings. The van der Waals surface area contributed by atoms with E-state index in [0.29, 0.717) is 5.92 Å². The molecule has 3 rings (SSSR count). The van der Waals surface area contributed by atoms with Crippen molar-refractivity contribution < 1.29 is 0 Å². The smallest absolute Gasteiger partial charge is 0.0954 e. The van der Waals surface area contributed by atoms with Crippen LogP contribution >= 0.6 is 23.7 Å². The quantitative estimate of drug-likeness (QED) is 0.913. The Morgan fingerprint density at radius 2 is 2.10 bits per heavy atom. The molecule has 0 spiro atoms. The summed E-state index contributed by atoms with van der Waals surface area (Å²) < 4.78 is 0. The second kappa shape index (κ2) is 7.91. The lowest BCUT2D eigenvalue weighted by Gasteiger charge is -2.34. The number of rotatable bonds is 4. The maximum atomic E-state index is 4.76. The zero-order valence-corrected chi connectivity index (χ0v) is 14.8. The molecule has 0 aliphatic carbocycles. The fraction of sp³-hybridized carbons (Fsp3) is 0.812. The summed E-state index contributed by atoms with van der Waals surface area (Å²) in [6, 6.07) is 0.809. The molecule has 0 bridgehead atoms. The Kier molecular flexibility index (Phi) is 6.48. The SMILES string of the molecule is CC(C)c1nc(CN2CCC(C3CCCN3)CC2)cs1.Cl. The molecule has 120 valence electrons. The highest BCUT2D eigenvalue weighted by Gasteiger charge is 2.28. The first-order valence-electron chi connectivity index (χ1n) is 8.12. The van der Waals surface area contributed by atoms with E-state index in [1.54, 1.807) is 0 Å². The van der Waals surface area contributed by atoms with Crippen molar-refractivity contribution in [2.24, 2.45) is 5.92 Å². The summed E-state index contributed by atoms with van der Waals surface area (Å²) in [7, 11) is 0. The predicted octanol–water partition coefficient (Wildman–Crippen LogP) is 3.65. The van der Waals surface area contributed by atoms with Gasteiger partial charge in [-0.05, 0) is 51.2 Å². The molecule has 1 aromatic heterocycles. The van der Waals surface area contributed by atoms with Crippen LogP contribution in [0.4, 0.5) is 0 Å². The summed E-state index contributed by atoms with van der Waals surface area (Å²) in [5, 5.41) is 7.21. The summed E-state index contributed by atoms with van der Waals surface area (Å²) in [6.07, 6.45) is 5.49. The van der Waals surface area contributed by atoms with Gasteiger partial charge >= 0.3 is 0 Å². The third-order valence-corrected chi connectivity index (χ3v) is 5.94. The molecule has 1 atom stereocenters. The van der Waals surface area contributed by atoms with Gasteiger partial charge in [0.15, 0.2) is 0 Å². The van der Waals surface area contributed by atoms with Gasteiger partial charge in [-0.1, -0.05) is 13.8 Å². The van der Waals surface area contributed by atoms with Crippen LogP contribution in [-0.2, 0) is 6.54 Å². The number of aromatic nitrogens is 1. The number of likely N-dealkylation sites (tertiary alicyclic amines) is 1. The van der Waals surface area contributed by atoms with Crippen molar-refractivity contribution in [2.45, 2.75) is 58.0 Å². The van der Waals surface area contributed by atoms with Gasteiger partial charge in [-0.25, -0.2) is 4.98 Å². The highest BCUT2D eigenvalue weighted by Crippen LogP contribution is 2.27. The van der Waals surface area contributed by atoms with Crippen LogP contribution in [0.15, 0.2) is 5.38 Å². The lowest BCUT2D eigenvalue weighted by molar-refractivity contribution is 0.156. The Morgan fingerprint density at radius 3 is 2.67 bits per heavy atom. The second-order valence-corrected chi connectivity index (χ2v) is 7.54. The third kappa shape index (κ3) is 4.41. The molecule has 1 unspecified atom stereocenters. The molecular weight excluding hydrogens is 302 g/mol. The lowest BCUT2D eigenvalue weighted by Crippen LogP contribution is -2.40. The van der Waals surface area contributed by atoms with E-state index >= 15 is 0 Å². The number of thiazole rings is 1. The van der Waals surface area contributed by atoms with Crippen molar-refractivity contribution in [2.75, 3.05) is 19.6 Å². The van der Waals surface area contributed by atoms with Crippen molar-refractivity contribution in [3.05, 3.63) is 16.1 Å². The van der Waals surface area contributed by atoms with Gasteiger partial charge in [0, 0.05) is 23.9 Å². The first kappa shape index (κ1) is 17.2.